The van der Waals surface area contributed by atoms with Crippen molar-refractivity contribution in [2.45, 2.75) is 56.8 Å². The second-order valence-electron chi connectivity index (χ2n) is 7.90. The summed E-state index contributed by atoms with van der Waals surface area (Å²) >= 11 is 0. The van der Waals surface area contributed by atoms with Gasteiger partial charge in [-0.1, -0.05) is 25.1 Å². The minimum absolute atomic E-state index is 0.0854. The van der Waals surface area contributed by atoms with Gasteiger partial charge in [0.15, 0.2) is 0 Å². The van der Waals surface area contributed by atoms with Crippen LogP contribution in [-0.2, 0) is 4.74 Å². The summed E-state index contributed by atoms with van der Waals surface area (Å²) in [5.74, 6) is -0.176. The normalized spacial score (nSPS) is 24.4. The number of nitrogens with one attached hydrogen (secondary N) is 1. The highest BCUT2D eigenvalue weighted by Crippen LogP contribution is 2.38. The lowest BCUT2D eigenvalue weighted by atomic mass is 9.81. The van der Waals surface area contributed by atoms with Crippen molar-refractivity contribution in [3.05, 3.63) is 52.4 Å². The van der Waals surface area contributed by atoms with E-state index >= 15 is 0 Å². The third-order valence-corrected chi connectivity index (χ3v) is 5.94. The number of H-pyrrole nitrogens is 1. The van der Waals surface area contributed by atoms with Crippen LogP contribution in [0.25, 0.3) is 5.69 Å². The predicted octanol–water partition coefficient (Wildman–Crippen LogP) is 2.09. The summed E-state index contributed by atoms with van der Waals surface area (Å²) in [6, 6.07) is 10.5. The molecule has 0 saturated carbocycles. The fourth-order valence-electron chi connectivity index (χ4n) is 4.40. The van der Waals surface area contributed by atoms with Gasteiger partial charge < -0.3 is 14.7 Å². The quantitative estimate of drug-likeness (QED) is 0.847. The van der Waals surface area contributed by atoms with Crippen LogP contribution in [0.15, 0.2) is 41.2 Å². The molecule has 1 amide bonds. The van der Waals surface area contributed by atoms with Crippen molar-refractivity contribution in [2.24, 2.45) is 0 Å². The molecule has 2 fully saturated rings. The van der Waals surface area contributed by atoms with Crippen LogP contribution in [0.4, 0.5) is 0 Å². The molecule has 0 radical (unpaired) electrons. The maximum absolute atomic E-state index is 12.9. The lowest BCUT2D eigenvalue weighted by Gasteiger charge is -2.47. The molecule has 2 aromatic rings. The van der Waals surface area contributed by atoms with E-state index in [2.05, 4.69) is 12.0 Å². The number of benzene rings is 1. The molecule has 1 aromatic carbocycles. The van der Waals surface area contributed by atoms with E-state index in [1.165, 1.54) is 10.7 Å². The van der Waals surface area contributed by atoms with Crippen LogP contribution in [0.2, 0.25) is 0 Å². The predicted molar refractivity (Wildman–Crippen MR) is 105 cm³/mol. The average molecular weight is 385 g/mol. The molecular formula is C21H27N3O4. The molecular weight excluding hydrogens is 358 g/mol. The zero-order valence-electron chi connectivity index (χ0n) is 16.1. The van der Waals surface area contributed by atoms with Crippen molar-refractivity contribution >= 4 is 5.91 Å². The number of carbonyl (C=O) groups excluding carboxylic acids is 1. The van der Waals surface area contributed by atoms with E-state index in [0.717, 1.165) is 6.42 Å². The Morgan fingerprint density at radius 1 is 1.29 bits per heavy atom. The van der Waals surface area contributed by atoms with Gasteiger partial charge in [0.2, 0.25) is 0 Å². The molecule has 2 saturated heterocycles. The molecule has 0 aliphatic carbocycles. The molecule has 2 N–H and O–H groups in total. The fourth-order valence-corrected chi connectivity index (χ4v) is 4.40. The molecule has 1 aromatic heterocycles. The van der Waals surface area contributed by atoms with Crippen molar-refractivity contribution in [3.63, 3.8) is 0 Å². The second kappa shape index (κ2) is 7.56. The Labute approximate surface area is 163 Å². The molecule has 4 rings (SSSR count). The van der Waals surface area contributed by atoms with Gasteiger partial charge in [0.1, 0.15) is 5.69 Å². The molecule has 0 unspecified atom stereocenters. The van der Waals surface area contributed by atoms with Gasteiger partial charge in [0.25, 0.3) is 11.5 Å². The Kier molecular flexibility index (Phi) is 5.12. The van der Waals surface area contributed by atoms with Crippen LogP contribution in [-0.4, -0.2) is 56.6 Å². The zero-order valence-corrected chi connectivity index (χ0v) is 16.1. The van der Waals surface area contributed by atoms with Crippen LogP contribution in [0.1, 0.15) is 49.5 Å². The van der Waals surface area contributed by atoms with Crippen molar-refractivity contribution < 1.29 is 14.6 Å². The number of hydrogen-bond donors (Lipinski definition) is 2. The summed E-state index contributed by atoms with van der Waals surface area (Å²) in [5, 5.41) is 13.2. The molecule has 2 aliphatic heterocycles. The van der Waals surface area contributed by atoms with Gasteiger partial charge in [0.05, 0.1) is 23.5 Å². The monoisotopic (exact) mass is 385 g/mol. The van der Waals surface area contributed by atoms with Gasteiger partial charge in [-0.3, -0.25) is 14.7 Å². The highest BCUT2D eigenvalue weighted by Gasteiger charge is 2.43. The van der Waals surface area contributed by atoms with Crippen molar-refractivity contribution in [1.29, 1.82) is 0 Å². The summed E-state index contributed by atoms with van der Waals surface area (Å²) in [7, 11) is 0. The molecule has 2 atom stereocenters. The first kappa shape index (κ1) is 19.0. The molecule has 3 heterocycles. The van der Waals surface area contributed by atoms with Gasteiger partial charge in [-0.25, -0.2) is 4.68 Å². The summed E-state index contributed by atoms with van der Waals surface area (Å²) in [4.78, 5) is 27.0. The summed E-state index contributed by atoms with van der Waals surface area (Å²) in [5.41, 5.74) is 0.395. The topological polar surface area (TPSA) is 87.6 Å². The lowest BCUT2D eigenvalue weighted by molar-refractivity contribution is -0.179. The summed E-state index contributed by atoms with van der Waals surface area (Å²) < 4.78 is 7.67. The van der Waals surface area contributed by atoms with E-state index in [1.54, 1.807) is 4.90 Å². The number of carbonyl (C=O) groups is 1. The van der Waals surface area contributed by atoms with Crippen LogP contribution in [0.3, 0.4) is 0 Å². The Morgan fingerprint density at radius 2 is 2.00 bits per heavy atom. The van der Waals surface area contributed by atoms with Crippen molar-refractivity contribution in [2.75, 3.05) is 13.1 Å². The van der Waals surface area contributed by atoms with E-state index in [1.807, 2.05) is 30.3 Å². The third-order valence-electron chi connectivity index (χ3n) is 5.94. The summed E-state index contributed by atoms with van der Waals surface area (Å²) in [6.45, 7) is 3.18. The number of para-hydroxylation sites is 1. The lowest BCUT2D eigenvalue weighted by Crippen LogP contribution is -2.53. The first-order valence-electron chi connectivity index (χ1n) is 10.0. The SMILES string of the molecule is CC[C@H]1C[C@@H](O)CC2(CCN(C(=O)c3cc(=O)n(-c4ccccc4)[nH]3)CC2)O1. The number of amides is 1. The first-order valence-corrected chi connectivity index (χ1v) is 10.0. The number of rotatable bonds is 3. The van der Waals surface area contributed by atoms with Crippen LogP contribution in [0, 0.1) is 0 Å². The number of aromatic amines is 1. The number of likely N-dealkylation sites (tertiary alicyclic amines) is 1. The van der Waals surface area contributed by atoms with Gasteiger partial charge in [-0.05, 0) is 37.8 Å². The first-order chi connectivity index (χ1) is 13.5. The minimum Gasteiger partial charge on any atom is -0.393 e. The molecule has 2 aliphatic rings. The molecule has 28 heavy (non-hydrogen) atoms. The van der Waals surface area contributed by atoms with Crippen LogP contribution < -0.4 is 5.56 Å². The van der Waals surface area contributed by atoms with Crippen LogP contribution in [0.5, 0.6) is 0 Å². The van der Waals surface area contributed by atoms with E-state index in [9.17, 15) is 14.7 Å². The zero-order chi connectivity index (χ0) is 19.7. The van der Waals surface area contributed by atoms with E-state index in [0.29, 0.717) is 50.2 Å². The highest BCUT2D eigenvalue weighted by molar-refractivity contribution is 5.92. The highest BCUT2D eigenvalue weighted by atomic mass is 16.5. The second-order valence-corrected chi connectivity index (χ2v) is 7.90. The Bertz CT molecular complexity index is 881. The van der Waals surface area contributed by atoms with Gasteiger partial charge in [-0.2, -0.15) is 0 Å². The van der Waals surface area contributed by atoms with E-state index in [4.69, 9.17) is 4.74 Å². The molecule has 0 bridgehead atoms. The number of piperidine rings is 1. The standard InChI is InChI=1S/C21H27N3O4/c1-2-17-12-16(25)14-21(28-17)8-10-23(11-9-21)20(27)18-13-19(26)24(22-18)15-6-4-3-5-7-15/h3-7,13,16-17,22,25H,2,8-12,14H2,1H3/t16-,17+/m1/s1. The number of aliphatic hydroxyl groups is 1. The maximum Gasteiger partial charge on any atom is 0.271 e. The van der Waals surface area contributed by atoms with Gasteiger partial charge >= 0.3 is 0 Å². The maximum atomic E-state index is 12.9. The molecule has 7 heteroatoms. The van der Waals surface area contributed by atoms with Crippen LogP contribution >= 0.6 is 0 Å². The minimum atomic E-state index is -0.336. The largest absolute Gasteiger partial charge is 0.393 e. The van der Waals surface area contributed by atoms with Crippen molar-refractivity contribution in [3.8, 4) is 5.69 Å². The van der Waals surface area contributed by atoms with E-state index < -0.39 is 0 Å². The number of aliphatic hydroxyl groups excluding tert-OH is 1. The number of nitrogens with zero attached hydrogens (tertiary/aromatic N) is 2. The number of hydrogen-bond acceptors (Lipinski definition) is 4. The number of ether oxygens (including phenoxy) is 1. The number of aromatic nitrogens is 2. The third kappa shape index (κ3) is 3.64. The smallest absolute Gasteiger partial charge is 0.271 e. The molecule has 7 nitrogen and oxygen atoms in total. The average Bonchev–Trinajstić information content (AvgIpc) is 3.10. The Morgan fingerprint density at radius 3 is 2.68 bits per heavy atom. The van der Waals surface area contributed by atoms with Gasteiger partial charge in [0, 0.05) is 25.6 Å². The fraction of sp³-hybridized carbons (Fsp3) is 0.524. The molecule has 150 valence electrons. The van der Waals surface area contributed by atoms with E-state index in [-0.39, 0.29) is 29.3 Å². The Hall–Kier alpha value is -2.38. The van der Waals surface area contributed by atoms with Gasteiger partial charge in [-0.15, -0.1) is 0 Å². The molecule has 1 spiro atoms. The Balaban J connectivity index is 1.46. The van der Waals surface area contributed by atoms with Crippen molar-refractivity contribution in [1.82, 2.24) is 14.7 Å². The summed E-state index contributed by atoms with van der Waals surface area (Å²) in [6.07, 6.45) is 3.36.